The molecule has 0 saturated carbocycles. The van der Waals surface area contributed by atoms with E-state index in [0.29, 0.717) is 39.6 Å². The zero-order valence-corrected chi connectivity index (χ0v) is 18.9. The Morgan fingerprint density at radius 1 is 1.13 bits per heavy atom. The smallest absolute Gasteiger partial charge is 0.270 e. The minimum absolute atomic E-state index is 0.0123. The number of rotatable bonds is 6. The molecule has 1 aliphatic heterocycles. The summed E-state index contributed by atoms with van der Waals surface area (Å²) in [6, 6.07) is 10.2. The summed E-state index contributed by atoms with van der Waals surface area (Å²) in [5.74, 6) is 0.561. The fraction of sp³-hybridized carbons (Fsp3) is 0.190. The summed E-state index contributed by atoms with van der Waals surface area (Å²) in [4.78, 5) is 26.9. The van der Waals surface area contributed by atoms with E-state index in [4.69, 9.17) is 26.4 Å². The minimum atomic E-state index is -0.570. The summed E-state index contributed by atoms with van der Waals surface area (Å²) in [5, 5.41) is 2.58. The highest BCUT2D eigenvalue weighted by Crippen LogP contribution is 2.37. The van der Waals surface area contributed by atoms with E-state index in [9.17, 15) is 9.59 Å². The summed E-state index contributed by atoms with van der Waals surface area (Å²) in [5.41, 5.74) is 1.05. The van der Waals surface area contributed by atoms with Gasteiger partial charge < -0.3 is 14.2 Å². The molecule has 2 amide bonds. The first-order valence-corrected chi connectivity index (χ1v) is 10.2. The van der Waals surface area contributed by atoms with Gasteiger partial charge in [-0.15, -0.1) is 0 Å². The Hall–Kier alpha value is -2.91. The average molecular weight is 491 g/mol. The van der Waals surface area contributed by atoms with Crippen LogP contribution in [0.1, 0.15) is 12.5 Å². The zero-order valence-electron chi connectivity index (χ0n) is 16.5. The van der Waals surface area contributed by atoms with Crippen LogP contribution in [0.25, 0.3) is 6.08 Å². The van der Waals surface area contributed by atoms with Crippen LogP contribution in [-0.4, -0.2) is 37.8 Å². The second-order valence-electron chi connectivity index (χ2n) is 6.12. The molecule has 1 heterocycles. The van der Waals surface area contributed by atoms with Crippen molar-refractivity contribution in [3.05, 3.63) is 52.0 Å². The lowest BCUT2D eigenvalue weighted by atomic mass is 10.1. The van der Waals surface area contributed by atoms with Crippen molar-refractivity contribution < 1.29 is 23.8 Å². The van der Waals surface area contributed by atoms with Crippen LogP contribution >= 0.6 is 28.1 Å². The van der Waals surface area contributed by atoms with Crippen LogP contribution in [-0.2, 0) is 9.59 Å². The number of carbonyl (C=O) groups excluding carboxylic acids is 2. The molecule has 0 aromatic heterocycles. The van der Waals surface area contributed by atoms with Crippen LogP contribution in [0.2, 0.25) is 0 Å². The van der Waals surface area contributed by atoms with Crippen LogP contribution in [0, 0.1) is 0 Å². The molecule has 0 unspecified atom stereocenters. The van der Waals surface area contributed by atoms with Crippen LogP contribution in [0.4, 0.5) is 5.69 Å². The Morgan fingerprint density at radius 2 is 1.83 bits per heavy atom. The maximum Gasteiger partial charge on any atom is 0.270 e. The highest BCUT2D eigenvalue weighted by atomic mass is 79.9. The quantitative estimate of drug-likeness (QED) is 0.378. The zero-order chi connectivity index (χ0) is 21.8. The molecule has 9 heteroatoms. The molecule has 1 aliphatic rings. The SMILES string of the molecule is CCOc1cc(/C=C2/C(=O)NC(=S)N(c3ccc(OC)cc3)C2=O)cc(Br)c1OC. The van der Waals surface area contributed by atoms with Crippen molar-refractivity contribution in [2.75, 3.05) is 25.7 Å². The van der Waals surface area contributed by atoms with Gasteiger partial charge in [-0.1, -0.05) is 0 Å². The lowest BCUT2D eigenvalue weighted by Crippen LogP contribution is -2.54. The molecule has 1 fully saturated rings. The number of carbonyl (C=O) groups is 2. The first kappa shape index (κ1) is 21.8. The van der Waals surface area contributed by atoms with Crippen molar-refractivity contribution in [1.82, 2.24) is 5.32 Å². The molecule has 156 valence electrons. The van der Waals surface area contributed by atoms with Gasteiger partial charge in [0.15, 0.2) is 16.6 Å². The van der Waals surface area contributed by atoms with Crippen LogP contribution in [0.15, 0.2) is 46.4 Å². The van der Waals surface area contributed by atoms with Crippen LogP contribution in [0.5, 0.6) is 17.2 Å². The molecular formula is C21H19BrN2O5S. The summed E-state index contributed by atoms with van der Waals surface area (Å²) in [6.07, 6.45) is 1.49. The Kier molecular flexibility index (Phi) is 6.73. The number of methoxy groups -OCH3 is 2. The fourth-order valence-corrected chi connectivity index (χ4v) is 3.82. The third kappa shape index (κ3) is 4.31. The van der Waals surface area contributed by atoms with Gasteiger partial charge in [-0.05, 0) is 83.1 Å². The van der Waals surface area contributed by atoms with Crippen LogP contribution < -0.4 is 24.4 Å². The van der Waals surface area contributed by atoms with Crippen molar-refractivity contribution in [2.45, 2.75) is 6.92 Å². The van der Waals surface area contributed by atoms with Gasteiger partial charge in [-0.3, -0.25) is 19.8 Å². The van der Waals surface area contributed by atoms with Crippen molar-refractivity contribution in [3.63, 3.8) is 0 Å². The maximum absolute atomic E-state index is 13.1. The highest BCUT2D eigenvalue weighted by molar-refractivity contribution is 9.10. The van der Waals surface area contributed by atoms with Crippen LogP contribution in [0.3, 0.4) is 0 Å². The molecule has 2 aromatic rings. The highest BCUT2D eigenvalue weighted by Gasteiger charge is 2.34. The van der Waals surface area contributed by atoms with E-state index in [1.807, 2.05) is 6.92 Å². The van der Waals surface area contributed by atoms with Crippen molar-refractivity contribution >= 4 is 56.8 Å². The molecule has 30 heavy (non-hydrogen) atoms. The Balaban J connectivity index is 2.02. The summed E-state index contributed by atoms with van der Waals surface area (Å²) in [7, 11) is 3.09. The summed E-state index contributed by atoms with van der Waals surface area (Å²) < 4.78 is 16.7. The number of anilines is 1. The van der Waals surface area contributed by atoms with Gasteiger partial charge in [0.05, 0.1) is 31.0 Å². The van der Waals surface area contributed by atoms with E-state index in [1.54, 1.807) is 43.5 Å². The number of benzene rings is 2. The number of ether oxygens (including phenoxy) is 3. The molecule has 1 N–H and O–H groups in total. The second-order valence-corrected chi connectivity index (χ2v) is 7.36. The Bertz CT molecular complexity index is 1040. The predicted molar refractivity (Wildman–Crippen MR) is 121 cm³/mol. The molecule has 0 bridgehead atoms. The van der Waals surface area contributed by atoms with Crippen molar-refractivity contribution in [3.8, 4) is 17.2 Å². The number of halogens is 1. The molecule has 0 atom stereocenters. The van der Waals surface area contributed by atoms with E-state index >= 15 is 0 Å². The molecule has 1 saturated heterocycles. The molecule has 0 spiro atoms. The first-order chi connectivity index (χ1) is 14.4. The van der Waals surface area contributed by atoms with Gasteiger partial charge in [-0.25, -0.2) is 0 Å². The van der Waals surface area contributed by atoms with Gasteiger partial charge in [0, 0.05) is 0 Å². The normalized spacial score (nSPS) is 15.3. The van der Waals surface area contributed by atoms with Crippen molar-refractivity contribution in [1.29, 1.82) is 0 Å². The molecule has 0 aliphatic carbocycles. The first-order valence-electron chi connectivity index (χ1n) is 8.95. The minimum Gasteiger partial charge on any atom is -0.497 e. The number of hydrogen-bond acceptors (Lipinski definition) is 6. The molecule has 3 rings (SSSR count). The Labute approximate surface area is 187 Å². The number of hydrogen-bond donors (Lipinski definition) is 1. The van der Waals surface area contributed by atoms with Gasteiger partial charge in [0.25, 0.3) is 11.8 Å². The molecular weight excluding hydrogens is 472 g/mol. The molecule has 0 radical (unpaired) electrons. The van der Waals surface area contributed by atoms with E-state index in [0.717, 1.165) is 0 Å². The van der Waals surface area contributed by atoms with Gasteiger partial charge in [0.1, 0.15) is 11.3 Å². The number of nitrogens with zero attached hydrogens (tertiary/aromatic N) is 1. The van der Waals surface area contributed by atoms with Gasteiger partial charge in [0.2, 0.25) is 0 Å². The Morgan fingerprint density at radius 3 is 2.43 bits per heavy atom. The molecule has 2 aromatic carbocycles. The largest absolute Gasteiger partial charge is 0.497 e. The van der Waals surface area contributed by atoms with E-state index in [1.165, 1.54) is 18.1 Å². The van der Waals surface area contributed by atoms with Gasteiger partial charge >= 0.3 is 0 Å². The number of thiocarbonyl (C=S) groups is 1. The summed E-state index contributed by atoms with van der Waals surface area (Å²) in [6.45, 7) is 2.28. The predicted octanol–water partition coefficient (Wildman–Crippen LogP) is 3.70. The maximum atomic E-state index is 13.1. The molecule has 7 nitrogen and oxygen atoms in total. The fourth-order valence-electron chi connectivity index (χ4n) is 2.92. The lowest BCUT2D eigenvalue weighted by molar-refractivity contribution is -0.122. The average Bonchev–Trinajstić information content (AvgIpc) is 2.71. The van der Waals surface area contributed by atoms with E-state index in [-0.39, 0.29) is 10.7 Å². The van der Waals surface area contributed by atoms with E-state index < -0.39 is 11.8 Å². The third-order valence-corrected chi connectivity index (χ3v) is 5.15. The van der Waals surface area contributed by atoms with Gasteiger partial charge in [-0.2, -0.15) is 0 Å². The second kappa shape index (κ2) is 9.27. The lowest BCUT2D eigenvalue weighted by Gasteiger charge is -2.29. The van der Waals surface area contributed by atoms with E-state index in [2.05, 4.69) is 21.2 Å². The summed E-state index contributed by atoms with van der Waals surface area (Å²) >= 11 is 8.65. The topological polar surface area (TPSA) is 77.1 Å². The number of nitrogens with one attached hydrogen (secondary N) is 1. The van der Waals surface area contributed by atoms with Crippen molar-refractivity contribution in [2.24, 2.45) is 0 Å². The number of amides is 2. The standard InChI is InChI=1S/C21H19BrN2O5S/c1-4-29-17-11-12(10-16(22)18(17)28-3)9-15-19(25)23-21(30)24(20(15)26)13-5-7-14(27-2)8-6-13/h5-11H,4H2,1-3H3,(H,23,25,30)/b15-9-. The monoisotopic (exact) mass is 490 g/mol. The third-order valence-electron chi connectivity index (χ3n) is 4.28.